The molecule has 0 amide bonds. The van der Waals surface area contributed by atoms with E-state index in [2.05, 4.69) is 69.3 Å². The lowest BCUT2D eigenvalue weighted by Gasteiger charge is -2.43. The summed E-state index contributed by atoms with van der Waals surface area (Å²) in [6.45, 7) is 6.72. The van der Waals surface area contributed by atoms with Gasteiger partial charge in [0.25, 0.3) is 0 Å². The first-order valence-corrected chi connectivity index (χ1v) is 10.6. The summed E-state index contributed by atoms with van der Waals surface area (Å²) in [4.78, 5) is 0. The van der Waals surface area contributed by atoms with Crippen molar-refractivity contribution < 1.29 is 13.9 Å². The lowest BCUT2D eigenvalue weighted by molar-refractivity contribution is 0.300. The van der Waals surface area contributed by atoms with Crippen LogP contribution in [0.15, 0.2) is 85.0 Å². The molecule has 0 heterocycles. The van der Waals surface area contributed by atoms with E-state index in [0.29, 0.717) is 5.76 Å². The summed E-state index contributed by atoms with van der Waals surface area (Å²) in [7, 11) is 0.581. The highest BCUT2D eigenvalue weighted by atomic mass is 28.4. The molecule has 0 aliphatic carbocycles. The fraction of sp³-hybridized carbons (Fsp3) is 0.273. The second-order valence-electron chi connectivity index (χ2n) is 7.06. The van der Waals surface area contributed by atoms with Crippen molar-refractivity contribution in [1.82, 2.24) is 0 Å². The van der Waals surface area contributed by atoms with Gasteiger partial charge in [-0.2, -0.15) is 0 Å². The second kappa shape index (κ2) is 8.76. The zero-order chi connectivity index (χ0) is 19.0. The Morgan fingerprint density at radius 3 is 1.69 bits per heavy atom. The number of hydrogen-bond acceptors (Lipinski definition) is 3. The molecule has 0 bridgehead atoms. The van der Waals surface area contributed by atoms with Crippen LogP contribution < -0.4 is 10.4 Å². The van der Waals surface area contributed by atoms with Crippen LogP contribution in [0.3, 0.4) is 0 Å². The van der Waals surface area contributed by atoms with E-state index in [1.54, 1.807) is 32.8 Å². The maximum Gasteiger partial charge on any atom is 0.320 e. The van der Waals surface area contributed by atoms with Crippen molar-refractivity contribution in [2.75, 3.05) is 14.2 Å². The van der Waals surface area contributed by atoms with Gasteiger partial charge in [0.15, 0.2) is 0 Å². The van der Waals surface area contributed by atoms with E-state index in [-0.39, 0.29) is 5.04 Å². The zero-order valence-corrected chi connectivity index (χ0v) is 17.2. The molecule has 0 radical (unpaired) electrons. The molecule has 2 aromatic rings. The molecule has 0 N–H and O–H groups in total. The average molecular weight is 369 g/mol. The Kier molecular flexibility index (Phi) is 6.69. The van der Waals surface area contributed by atoms with Gasteiger partial charge in [0.1, 0.15) is 12.0 Å². The summed E-state index contributed by atoms with van der Waals surface area (Å²) in [6, 6.07) is 21.0. The third-order valence-corrected chi connectivity index (χ3v) is 9.24. The van der Waals surface area contributed by atoms with Crippen LogP contribution in [-0.4, -0.2) is 22.5 Å². The Morgan fingerprint density at radius 1 is 0.808 bits per heavy atom. The first-order valence-electron chi connectivity index (χ1n) is 8.68. The van der Waals surface area contributed by atoms with E-state index in [0.717, 1.165) is 0 Å². The second-order valence-corrected chi connectivity index (χ2v) is 11.3. The molecule has 138 valence electrons. The van der Waals surface area contributed by atoms with Gasteiger partial charge in [-0.05, 0) is 15.4 Å². The number of ether oxygens (including phenoxy) is 2. The van der Waals surface area contributed by atoms with E-state index in [1.165, 1.54) is 10.4 Å². The minimum absolute atomic E-state index is 0.108. The van der Waals surface area contributed by atoms with Gasteiger partial charge in [-0.15, -0.1) is 0 Å². The molecule has 26 heavy (non-hydrogen) atoms. The van der Waals surface area contributed by atoms with Gasteiger partial charge in [-0.25, -0.2) is 0 Å². The Labute approximate surface area is 158 Å². The van der Waals surface area contributed by atoms with Crippen molar-refractivity contribution in [3.8, 4) is 0 Å². The predicted molar refractivity (Wildman–Crippen MR) is 110 cm³/mol. The van der Waals surface area contributed by atoms with E-state index < -0.39 is 8.32 Å². The van der Waals surface area contributed by atoms with Crippen LogP contribution in [0.25, 0.3) is 0 Å². The Morgan fingerprint density at radius 2 is 1.31 bits per heavy atom. The largest absolute Gasteiger partial charge is 0.532 e. The molecule has 0 saturated heterocycles. The van der Waals surface area contributed by atoms with Crippen LogP contribution in [0, 0.1) is 0 Å². The summed E-state index contributed by atoms with van der Waals surface area (Å²) in [5.74, 6) is 0.642. The van der Waals surface area contributed by atoms with Crippen LogP contribution in [-0.2, 0) is 13.9 Å². The van der Waals surface area contributed by atoms with Crippen LogP contribution in [0.4, 0.5) is 0 Å². The van der Waals surface area contributed by atoms with Gasteiger partial charge in [0.05, 0.1) is 20.5 Å². The van der Waals surface area contributed by atoms with E-state index in [4.69, 9.17) is 13.9 Å². The number of allylic oxidation sites excluding steroid dienone is 1. The van der Waals surface area contributed by atoms with Gasteiger partial charge in [-0.1, -0.05) is 81.4 Å². The maximum absolute atomic E-state index is 6.83. The number of benzene rings is 2. The molecule has 0 saturated carbocycles. The summed E-state index contributed by atoms with van der Waals surface area (Å²) in [6.07, 6.45) is 5.01. The molecule has 0 aliphatic heterocycles. The minimum atomic E-state index is -2.65. The summed E-state index contributed by atoms with van der Waals surface area (Å²) in [5, 5.41) is 2.32. The molecule has 0 aliphatic rings. The fourth-order valence-corrected chi connectivity index (χ4v) is 7.58. The maximum atomic E-state index is 6.83. The lowest BCUT2D eigenvalue weighted by atomic mass is 10.2. The monoisotopic (exact) mass is 368 g/mol. The van der Waals surface area contributed by atoms with Crippen LogP contribution in [0.5, 0.6) is 0 Å². The summed E-state index contributed by atoms with van der Waals surface area (Å²) < 4.78 is 17.2. The summed E-state index contributed by atoms with van der Waals surface area (Å²) in [5.41, 5.74) is 0. The van der Waals surface area contributed by atoms with Gasteiger partial charge in [0, 0.05) is 6.08 Å². The fourth-order valence-electron chi connectivity index (χ4n) is 3.17. The molecule has 3 nitrogen and oxygen atoms in total. The van der Waals surface area contributed by atoms with Crippen molar-refractivity contribution in [2.45, 2.75) is 25.8 Å². The number of rotatable bonds is 7. The van der Waals surface area contributed by atoms with Crippen molar-refractivity contribution >= 4 is 18.7 Å². The highest BCUT2D eigenvalue weighted by Crippen LogP contribution is 2.38. The zero-order valence-electron chi connectivity index (χ0n) is 16.2. The standard InChI is InChI=1S/C22H28O3Si/c1-22(2,3)26(20-12-8-6-9-13-20,21-14-10-7-11-15-21)25-19(18-24-5)16-17-23-4/h6-18H,1-5H3/b17-16+,19-18+. The SMILES string of the molecule is CO/C=C/C(=C\OC)O[Si](c1ccccc1)(c1ccccc1)C(C)(C)C. The normalized spacial score (nSPS) is 12.9. The minimum Gasteiger partial charge on any atom is -0.532 e. The van der Waals surface area contributed by atoms with Gasteiger partial charge in [0.2, 0.25) is 0 Å². The van der Waals surface area contributed by atoms with Crippen molar-refractivity contribution in [3.05, 3.63) is 85.0 Å². The Balaban J connectivity index is 2.71. The molecule has 0 aromatic heterocycles. The van der Waals surface area contributed by atoms with E-state index in [9.17, 15) is 0 Å². The smallest absolute Gasteiger partial charge is 0.320 e. The molecule has 0 fully saturated rings. The molecule has 2 aromatic carbocycles. The Bertz CT molecular complexity index is 691. The molecule has 0 atom stereocenters. The third kappa shape index (κ3) is 4.19. The number of hydrogen-bond donors (Lipinski definition) is 0. The highest BCUT2D eigenvalue weighted by Gasteiger charge is 2.52. The summed E-state index contributed by atoms with van der Waals surface area (Å²) >= 11 is 0. The van der Waals surface area contributed by atoms with E-state index in [1.807, 2.05) is 12.1 Å². The lowest BCUT2D eigenvalue weighted by Crippen LogP contribution is -2.66. The van der Waals surface area contributed by atoms with E-state index >= 15 is 0 Å². The first kappa shape index (κ1) is 19.9. The molecular weight excluding hydrogens is 340 g/mol. The Hall–Kier alpha value is -2.46. The van der Waals surface area contributed by atoms with Gasteiger partial charge < -0.3 is 13.9 Å². The van der Waals surface area contributed by atoms with Crippen LogP contribution in [0.2, 0.25) is 5.04 Å². The first-order chi connectivity index (χ1) is 12.5. The molecular formula is C22H28O3Si. The molecule has 0 unspecified atom stereocenters. The molecule has 4 heteroatoms. The van der Waals surface area contributed by atoms with Crippen molar-refractivity contribution in [1.29, 1.82) is 0 Å². The highest BCUT2D eigenvalue weighted by molar-refractivity contribution is 6.99. The van der Waals surface area contributed by atoms with Crippen LogP contribution in [0.1, 0.15) is 20.8 Å². The number of methoxy groups -OCH3 is 2. The average Bonchev–Trinajstić information content (AvgIpc) is 2.64. The topological polar surface area (TPSA) is 27.7 Å². The van der Waals surface area contributed by atoms with Crippen molar-refractivity contribution in [2.24, 2.45) is 0 Å². The quantitative estimate of drug-likeness (QED) is 0.416. The van der Waals surface area contributed by atoms with Crippen molar-refractivity contribution in [3.63, 3.8) is 0 Å². The molecule has 2 rings (SSSR count). The third-order valence-electron chi connectivity index (χ3n) is 4.29. The van der Waals surface area contributed by atoms with Gasteiger partial charge >= 0.3 is 8.32 Å². The van der Waals surface area contributed by atoms with Crippen LogP contribution >= 0.6 is 0 Å². The predicted octanol–water partition coefficient (Wildman–Crippen LogP) is 4.21. The molecule has 0 spiro atoms. The van der Waals surface area contributed by atoms with Gasteiger partial charge in [-0.3, -0.25) is 0 Å².